The van der Waals surface area contributed by atoms with E-state index in [0.29, 0.717) is 18.2 Å². The number of benzene rings is 1. The van der Waals surface area contributed by atoms with Crippen LogP contribution in [0, 0.1) is 12.8 Å². The molecule has 2 aromatic rings. The highest BCUT2D eigenvalue weighted by atomic mass is 32.2. The Morgan fingerprint density at radius 3 is 2.36 bits per heavy atom. The third-order valence-corrected chi connectivity index (χ3v) is 4.91. The zero-order chi connectivity index (χ0) is 16.3. The fraction of sp³-hybridized carbons (Fsp3) is 0.438. The molecular formula is C16H23N3O2S. The average molecular weight is 321 g/mol. The first-order valence-corrected chi connectivity index (χ1v) is 8.96. The standard InChI is InChI=1S/C16H23N3O2S/c1-5-19-13(4)16(11-17-19)18-22(20,21)15-8-6-14(7-9-15)10-12(2)3/h6-9,11-12,18H,5,10H2,1-4H3. The van der Waals surface area contributed by atoms with Gasteiger partial charge in [-0.25, -0.2) is 8.42 Å². The summed E-state index contributed by atoms with van der Waals surface area (Å²) in [6.07, 6.45) is 2.49. The molecule has 22 heavy (non-hydrogen) atoms. The second-order valence-electron chi connectivity index (χ2n) is 5.81. The maximum absolute atomic E-state index is 12.4. The van der Waals surface area contributed by atoms with Crippen molar-refractivity contribution in [2.24, 2.45) is 5.92 Å². The molecule has 0 amide bonds. The van der Waals surface area contributed by atoms with E-state index in [0.717, 1.165) is 17.7 Å². The summed E-state index contributed by atoms with van der Waals surface area (Å²) in [5.41, 5.74) is 2.47. The van der Waals surface area contributed by atoms with E-state index in [1.807, 2.05) is 26.0 Å². The predicted molar refractivity (Wildman–Crippen MR) is 88.4 cm³/mol. The number of hydrogen-bond acceptors (Lipinski definition) is 3. The highest BCUT2D eigenvalue weighted by Crippen LogP contribution is 2.20. The van der Waals surface area contributed by atoms with Crippen molar-refractivity contribution in [1.29, 1.82) is 0 Å². The molecule has 0 saturated heterocycles. The van der Waals surface area contributed by atoms with Gasteiger partial charge in [-0.1, -0.05) is 26.0 Å². The van der Waals surface area contributed by atoms with Gasteiger partial charge in [0.2, 0.25) is 0 Å². The molecule has 1 N–H and O–H groups in total. The molecule has 0 bridgehead atoms. The highest BCUT2D eigenvalue weighted by molar-refractivity contribution is 7.92. The molecule has 0 radical (unpaired) electrons. The summed E-state index contributed by atoms with van der Waals surface area (Å²) in [6, 6.07) is 7.05. The van der Waals surface area contributed by atoms with Gasteiger partial charge < -0.3 is 0 Å². The van der Waals surface area contributed by atoms with Crippen LogP contribution in [0.25, 0.3) is 0 Å². The molecule has 0 aliphatic rings. The monoisotopic (exact) mass is 321 g/mol. The van der Waals surface area contributed by atoms with Crippen LogP contribution in [-0.4, -0.2) is 18.2 Å². The SMILES string of the molecule is CCn1ncc(NS(=O)(=O)c2ccc(CC(C)C)cc2)c1C. The zero-order valence-electron chi connectivity index (χ0n) is 13.5. The van der Waals surface area contributed by atoms with Gasteiger partial charge in [0.15, 0.2) is 0 Å². The molecule has 1 heterocycles. The van der Waals surface area contributed by atoms with Crippen LogP contribution in [0.1, 0.15) is 32.0 Å². The van der Waals surface area contributed by atoms with Crippen LogP contribution in [0.5, 0.6) is 0 Å². The van der Waals surface area contributed by atoms with Crippen LogP contribution < -0.4 is 4.72 Å². The number of rotatable bonds is 6. The van der Waals surface area contributed by atoms with Crippen LogP contribution in [0.15, 0.2) is 35.4 Å². The molecular weight excluding hydrogens is 298 g/mol. The lowest BCUT2D eigenvalue weighted by atomic mass is 10.0. The second kappa shape index (κ2) is 6.52. The molecule has 0 unspecified atom stereocenters. The molecule has 0 saturated carbocycles. The Balaban J connectivity index is 2.21. The van der Waals surface area contributed by atoms with Crippen molar-refractivity contribution in [3.63, 3.8) is 0 Å². The maximum atomic E-state index is 12.4. The number of nitrogens with zero attached hydrogens (tertiary/aromatic N) is 2. The first kappa shape index (κ1) is 16.5. The van der Waals surface area contributed by atoms with Crippen LogP contribution in [0.2, 0.25) is 0 Å². The third-order valence-electron chi connectivity index (χ3n) is 3.52. The Bertz CT molecular complexity index is 731. The summed E-state index contributed by atoms with van der Waals surface area (Å²) in [5.74, 6) is 0.545. The third kappa shape index (κ3) is 3.68. The molecule has 0 fully saturated rings. The summed E-state index contributed by atoms with van der Waals surface area (Å²) >= 11 is 0. The van der Waals surface area contributed by atoms with Crippen LogP contribution >= 0.6 is 0 Å². The number of anilines is 1. The van der Waals surface area contributed by atoms with Crippen molar-refractivity contribution in [1.82, 2.24) is 9.78 Å². The number of aromatic nitrogens is 2. The van der Waals surface area contributed by atoms with E-state index < -0.39 is 10.0 Å². The number of nitrogens with one attached hydrogen (secondary N) is 1. The molecule has 2 rings (SSSR count). The van der Waals surface area contributed by atoms with E-state index in [9.17, 15) is 8.42 Å². The number of aryl methyl sites for hydroxylation is 1. The average Bonchev–Trinajstić information content (AvgIpc) is 2.79. The van der Waals surface area contributed by atoms with Crippen LogP contribution in [-0.2, 0) is 23.0 Å². The predicted octanol–water partition coefficient (Wildman–Crippen LogP) is 3.21. The molecule has 6 heteroatoms. The molecule has 120 valence electrons. The second-order valence-corrected chi connectivity index (χ2v) is 7.49. The van der Waals surface area contributed by atoms with Gasteiger partial charge in [0.05, 0.1) is 22.5 Å². The summed E-state index contributed by atoms with van der Waals surface area (Å²) in [5, 5.41) is 4.15. The summed E-state index contributed by atoms with van der Waals surface area (Å²) in [6.45, 7) is 8.80. The van der Waals surface area contributed by atoms with Crippen molar-refractivity contribution in [3.8, 4) is 0 Å². The lowest BCUT2D eigenvalue weighted by Crippen LogP contribution is -2.13. The minimum Gasteiger partial charge on any atom is -0.276 e. The van der Waals surface area contributed by atoms with E-state index in [4.69, 9.17) is 0 Å². The Hall–Kier alpha value is -1.82. The van der Waals surface area contributed by atoms with Gasteiger partial charge >= 0.3 is 0 Å². The molecule has 5 nitrogen and oxygen atoms in total. The minimum atomic E-state index is -3.58. The van der Waals surface area contributed by atoms with E-state index in [1.54, 1.807) is 23.0 Å². The van der Waals surface area contributed by atoms with Gasteiger partial charge in [-0.2, -0.15) is 5.10 Å². The summed E-state index contributed by atoms with van der Waals surface area (Å²) in [4.78, 5) is 0.267. The molecule has 1 aromatic heterocycles. The van der Waals surface area contributed by atoms with Crippen molar-refractivity contribution in [3.05, 3.63) is 41.7 Å². The topological polar surface area (TPSA) is 64.0 Å². The van der Waals surface area contributed by atoms with Crippen molar-refractivity contribution in [2.75, 3.05) is 4.72 Å². The number of sulfonamides is 1. The van der Waals surface area contributed by atoms with Crippen molar-refractivity contribution < 1.29 is 8.42 Å². The van der Waals surface area contributed by atoms with Crippen molar-refractivity contribution >= 4 is 15.7 Å². The van der Waals surface area contributed by atoms with E-state index >= 15 is 0 Å². The quantitative estimate of drug-likeness (QED) is 0.888. The fourth-order valence-electron chi connectivity index (χ4n) is 2.35. The van der Waals surface area contributed by atoms with Gasteiger partial charge in [-0.3, -0.25) is 9.40 Å². The van der Waals surface area contributed by atoms with E-state index in [1.165, 1.54) is 0 Å². The largest absolute Gasteiger partial charge is 0.276 e. The van der Waals surface area contributed by atoms with Crippen LogP contribution in [0.4, 0.5) is 5.69 Å². The summed E-state index contributed by atoms with van der Waals surface area (Å²) < 4.78 is 29.2. The first-order valence-electron chi connectivity index (χ1n) is 7.47. The highest BCUT2D eigenvalue weighted by Gasteiger charge is 2.17. The normalized spacial score (nSPS) is 11.9. The summed E-state index contributed by atoms with van der Waals surface area (Å²) in [7, 11) is -3.58. The first-order chi connectivity index (χ1) is 10.3. The van der Waals surface area contributed by atoms with E-state index in [-0.39, 0.29) is 4.90 Å². The maximum Gasteiger partial charge on any atom is 0.262 e. The smallest absolute Gasteiger partial charge is 0.262 e. The number of hydrogen-bond donors (Lipinski definition) is 1. The lowest BCUT2D eigenvalue weighted by molar-refractivity contribution is 0.601. The fourth-order valence-corrected chi connectivity index (χ4v) is 3.45. The Morgan fingerprint density at radius 2 is 1.86 bits per heavy atom. The van der Waals surface area contributed by atoms with E-state index in [2.05, 4.69) is 23.7 Å². The van der Waals surface area contributed by atoms with Crippen LogP contribution in [0.3, 0.4) is 0 Å². The zero-order valence-corrected chi connectivity index (χ0v) is 14.3. The van der Waals surface area contributed by atoms with Gasteiger partial charge in [0, 0.05) is 6.54 Å². The van der Waals surface area contributed by atoms with Crippen molar-refractivity contribution in [2.45, 2.75) is 45.6 Å². The van der Waals surface area contributed by atoms with Gasteiger partial charge in [0.25, 0.3) is 10.0 Å². The molecule has 0 spiro atoms. The Labute approximate surface area is 132 Å². The van der Waals surface area contributed by atoms with Gasteiger partial charge in [-0.05, 0) is 43.9 Å². The Morgan fingerprint density at radius 1 is 1.23 bits per heavy atom. The molecule has 0 aliphatic carbocycles. The molecule has 0 aliphatic heterocycles. The molecule has 1 aromatic carbocycles. The lowest BCUT2D eigenvalue weighted by Gasteiger charge is -2.09. The molecule has 0 atom stereocenters. The minimum absolute atomic E-state index is 0.267. The van der Waals surface area contributed by atoms with Gasteiger partial charge in [0.1, 0.15) is 0 Å². The van der Waals surface area contributed by atoms with Gasteiger partial charge in [-0.15, -0.1) is 0 Å². The Kier molecular flexibility index (Phi) is 4.90.